The van der Waals surface area contributed by atoms with E-state index in [-0.39, 0.29) is 5.91 Å². The van der Waals surface area contributed by atoms with Crippen LogP contribution in [0.1, 0.15) is 49.2 Å². The maximum Gasteiger partial charge on any atom is 0.251 e. The van der Waals surface area contributed by atoms with Gasteiger partial charge < -0.3 is 14.8 Å². The highest BCUT2D eigenvalue weighted by atomic mass is 16.5. The first kappa shape index (κ1) is 22.5. The summed E-state index contributed by atoms with van der Waals surface area (Å²) in [5, 5.41) is 2.89. The van der Waals surface area contributed by atoms with Gasteiger partial charge in [0.1, 0.15) is 0 Å². The highest BCUT2D eigenvalue weighted by molar-refractivity contribution is 5.94. The molecule has 25 heavy (non-hydrogen) atoms. The van der Waals surface area contributed by atoms with Gasteiger partial charge in [0, 0.05) is 12.1 Å². The Balaban J connectivity index is 0.00000134. The molecule has 0 aliphatic rings. The molecule has 0 atom stereocenters. The van der Waals surface area contributed by atoms with Crippen LogP contribution in [0, 0.1) is 6.92 Å². The number of nitrogens with one attached hydrogen (secondary N) is 1. The predicted octanol–water partition coefficient (Wildman–Crippen LogP) is 4.99. The van der Waals surface area contributed by atoms with Crippen LogP contribution in [-0.4, -0.2) is 20.1 Å². The van der Waals surface area contributed by atoms with E-state index in [9.17, 15) is 4.79 Å². The topological polar surface area (TPSA) is 47.6 Å². The molecule has 2 rings (SSSR count). The summed E-state index contributed by atoms with van der Waals surface area (Å²) in [6, 6.07) is 13.2. The van der Waals surface area contributed by atoms with Crippen molar-refractivity contribution < 1.29 is 14.3 Å². The first-order valence-corrected chi connectivity index (χ1v) is 8.70. The third-order valence-corrected chi connectivity index (χ3v) is 3.22. The van der Waals surface area contributed by atoms with Crippen LogP contribution in [0.4, 0.5) is 0 Å². The Morgan fingerprint density at radius 1 is 0.880 bits per heavy atom. The van der Waals surface area contributed by atoms with Crippen molar-refractivity contribution in [2.45, 2.75) is 41.2 Å². The summed E-state index contributed by atoms with van der Waals surface area (Å²) in [6.45, 7) is 10.5. The van der Waals surface area contributed by atoms with Crippen molar-refractivity contribution in [3.05, 3.63) is 59.2 Å². The first-order chi connectivity index (χ1) is 12.1. The van der Waals surface area contributed by atoms with E-state index in [2.05, 4.69) is 5.32 Å². The molecule has 0 heterocycles. The van der Waals surface area contributed by atoms with Gasteiger partial charge in [-0.15, -0.1) is 0 Å². The zero-order valence-electron chi connectivity index (χ0n) is 16.5. The highest BCUT2D eigenvalue weighted by Crippen LogP contribution is 2.27. The van der Waals surface area contributed by atoms with Crippen molar-refractivity contribution in [2.75, 3.05) is 14.2 Å². The van der Waals surface area contributed by atoms with E-state index in [0.29, 0.717) is 23.6 Å². The lowest BCUT2D eigenvalue weighted by Crippen LogP contribution is -2.22. The van der Waals surface area contributed by atoms with Crippen LogP contribution in [0.3, 0.4) is 0 Å². The molecule has 1 amide bonds. The third-order valence-electron chi connectivity index (χ3n) is 3.22. The lowest BCUT2D eigenvalue weighted by molar-refractivity contribution is 0.0950. The minimum absolute atomic E-state index is 0.142. The van der Waals surface area contributed by atoms with Gasteiger partial charge in [-0.25, -0.2) is 0 Å². The predicted molar refractivity (Wildman–Crippen MR) is 105 cm³/mol. The fourth-order valence-electron chi connectivity index (χ4n) is 1.97. The number of hydrogen-bond acceptors (Lipinski definition) is 3. The fraction of sp³-hybridized carbons (Fsp3) is 0.381. The Labute approximate surface area is 152 Å². The molecule has 0 aliphatic carbocycles. The van der Waals surface area contributed by atoms with Crippen LogP contribution in [-0.2, 0) is 6.54 Å². The summed E-state index contributed by atoms with van der Waals surface area (Å²) < 4.78 is 10.4. The van der Waals surface area contributed by atoms with E-state index in [0.717, 1.165) is 5.56 Å². The van der Waals surface area contributed by atoms with Gasteiger partial charge in [-0.05, 0) is 30.7 Å². The van der Waals surface area contributed by atoms with Gasteiger partial charge in [0.05, 0.1) is 14.2 Å². The fourth-order valence-corrected chi connectivity index (χ4v) is 1.97. The normalized spacial score (nSPS) is 8.92. The van der Waals surface area contributed by atoms with E-state index < -0.39 is 0 Å². The molecule has 2 aromatic carbocycles. The van der Waals surface area contributed by atoms with Crippen LogP contribution >= 0.6 is 0 Å². The van der Waals surface area contributed by atoms with Crippen molar-refractivity contribution in [3.63, 3.8) is 0 Å². The average Bonchev–Trinajstić information content (AvgIpc) is 2.69. The monoisotopic (exact) mass is 345 g/mol. The lowest BCUT2D eigenvalue weighted by atomic mass is 10.1. The van der Waals surface area contributed by atoms with Crippen molar-refractivity contribution in [2.24, 2.45) is 0 Å². The molecule has 0 unspecified atom stereocenters. The molecular weight excluding hydrogens is 314 g/mol. The van der Waals surface area contributed by atoms with E-state index in [4.69, 9.17) is 9.47 Å². The molecule has 0 fully saturated rings. The number of carbonyl (C=O) groups excluding carboxylic acids is 1. The second-order valence-corrected chi connectivity index (χ2v) is 4.74. The summed E-state index contributed by atoms with van der Waals surface area (Å²) in [4.78, 5) is 12.1. The molecule has 0 spiro atoms. The number of hydrogen-bond donors (Lipinski definition) is 1. The summed E-state index contributed by atoms with van der Waals surface area (Å²) >= 11 is 0. The maximum atomic E-state index is 12.1. The van der Waals surface area contributed by atoms with Gasteiger partial charge in [0.25, 0.3) is 5.91 Å². The van der Waals surface area contributed by atoms with Crippen LogP contribution in [0.15, 0.2) is 42.5 Å². The second kappa shape index (κ2) is 12.9. The Morgan fingerprint density at radius 3 is 1.96 bits per heavy atom. The molecule has 0 saturated heterocycles. The minimum Gasteiger partial charge on any atom is -0.493 e. The summed E-state index contributed by atoms with van der Waals surface area (Å²) in [5.41, 5.74) is 2.80. The van der Waals surface area contributed by atoms with Crippen molar-refractivity contribution >= 4 is 5.91 Å². The lowest BCUT2D eigenvalue weighted by Gasteiger charge is -2.10. The van der Waals surface area contributed by atoms with Crippen LogP contribution < -0.4 is 14.8 Å². The summed E-state index contributed by atoms with van der Waals surface area (Å²) in [5.74, 6) is 1.00. The second-order valence-electron chi connectivity index (χ2n) is 4.74. The zero-order chi connectivity index (χ0) is 19.2. The molecule has 2 aromatic rings. The Kier molecular flexibility index (Phi) is 11.6. The first-order valence-electron chi connectivity index (χ1n) is 8.70. The van der Waals surface area contributed by atoms with Crippen LogP contribution in [0.2, 0.25) is 0 Å². The van der Waals surface area contributed by atoms with E-state index in [1.165, 1.54) is 5.56 Å². The van der Waals surface area contributed by atoms with Gasteiger partial charge in [0.2, 0.25) is 0 Å². The SMILES string of the molecule is CC.CC.COc1ccc(C(=O)NCc2ccc(C)cc2)cc1OC. The molecule has 0 bridgehead atoms. The van der Waals surface area contributed by atoms with Crippen LogP contribution in [0.5, 0.6) is 11.5 Å². The maximum absolute atomic E-state index is 12.1. The average molecular weight is 345 g/mol. The number of carbonyl (C=O) groups is 1. The van der Waals surface area contributed by atoms with E-state index >= 15 is 0 Å². The van der Waals surface area contributed by atoms with E-state index in [1.54, 1.807) is 32.4 Å². The van der Waals surface area contributed by atoms with Gasteiger partial charge in [0.15, 0.2) is 11.5 Å². The van der Waals surface area contributed by atoms with Gasteiger partial charge in [-0.3, -0.25) is 4.79 Å². The molecule has 0 aromatic heterocycles. The van der Waals surface area contributed by atoms with Crippen molar-refractivity contribution in [3.8, 4) is 11.5 Å². The van der Waals surface area contributed by atoms with Gasteiger partial charge in [-0.2, -0.15) is 0 Å². The number of rotatable bonds is 5. The van der Waals surface area contributed by atoms with Gasteiger partial charge in [-0.1, -0.05) is 57.5 Å². The Bertz CT molecular complexity index is 622. The van der Waals surface area contributed by atoms with E-state index in [1.807, 2.05) is 58.9 Å². The molecular formula is C21H31NO3. The summed E-state index contributed by atoms with van der Waals surface area (Å²) in [6.07, 6.45) is 0. The molecule has 0 saturated carbocycles. The number of methoxy groups -OCH3 is 2. The smallest absolute Gasteiger partial charge is 0.251 e. The number of ether oxygens (including phenoxy) is 2. The number of amides is 1. The standard InChI is InChI=1S/C17H19NO3.2C2H6/c1-12-4-6-13(7-5-12)11-18-17(19)14-8-9-15(20-2)16(10-14)21-3;2*1-2/h4-10H,11H2,1-3H3,(H,18,19);2*1-2H3. The molecule has 1 N–H and O–H groups in total. The molecule has 4 nitrogen and oxygen atoms in total. The van der Waals surface area contributed by atoms with Crippen molar-refractivity contribution in [1.29, 1.82) is 0 Å². The zero-order valence-corrected chi connectivity index (χ0v) is 16.5. The van der Waals surface area contributed by atoms with Crippen LogP contribution in [0.25, 0.3) is 0 Å². The number of aryl methyl sites for hydroxylation is 1. The summed E-state index contributed by atoms with van der Waals surface area (Å²) in [7, 11) is 3.11. The quantitative estimate of drug-likeness (QED) is 0.830. The van der Waals surface area contributed by atoms with Crippen molar-refractivity contribution in [1.82, 2.24) is 5.32 Å². The highest BCUT2D eigenvalue weighted by Gasteiger charge is 2.10. The third kappa shape index (κ3) is 7.29. The molecule has 138 valence electrons. The Hall–Kier alpha value is -2.49. The van der Waals surface area contributed by atoms with Gasteiger partial charge >= 0.3 is 0 Å². The molecule has 0 aliphatic heterocycles. The number of benzene rings is 2. The molecule has 0 radical (unpaired) electrons. The molecule has 4 heteroatoms. The Morgan fingerprint density at radius 2 is 1.44 bits per heavy atom. The minimum atomic E-state index is -0.142. The largest absolute Gasteiger partial charge is 0.493 e.